The highest BCUT2D eigenvalue weighted by molar-refractivity contribution is 7.89. The summed E-state index contributed by atoms with van der Waals surface area (Å²) in [5.74, 6) is -1.06. The second-order valence-corrected chi connectivity index (χ2v) is 11.7. The van der Waals surface area contributed by atoms with Gasteiger partial charge >= 0.3 is 0 Å². The first-order valence-corrected chi connectivity index (χ1v) is 14.4. The third kappa shape index (κ3) is 5.39. The van der Waals surface area contributed by atoms with Crippen LogP contribution in [0.1, 0.15) is 28.8 Å². The molecule has 11 heteroatoms. The highest BCUT2D eigenvalue weighted by atomic mass is 32.2. The maximum Gasteiger partial charge on any atom is 0.258 e. The average Bonchev–Trinajstić information content (AvgIpc) is 3.40. The largest absolute Gasteiger partial charge is 0.497 e. The van der Waals surface area contributed by atoms with Crippen LogP contribution in [-0.2, 0) is 21.2 Å². The van der Waals surface area contributed by atoms with Crippen molar-refractivity contribution < 1.29 is 31.9 Å². The second kappa shape index (κ2) is 11.3. The van der Waals surface area contributed by atoms with Gasteiger partial charge in [-0.2, -0.15) is 4.31 Å². The molecule has 2 aliphatic rings. The second-order valence-electron chi connectivity index (χ2n) is 9.77. The van der Waals surface area contributed by atoms with Crippen molar-refractivity contribution in [3.8, 4) is 11.5 Å². The molecule has 2 heterocycles. The first kappa shape index (κ1) is 27.6. The van der Waals surface area contributed by atoms with Gasteiger partial charge in [0.2, 0.25) is 15.9 Å². The molecule has 9 nitrogen and oxygen atoms in total. The van der Waals surface area contributed by atoms with Crippen LogP contribution in [0, 0.1) is 11.7 Å². The number of rotatable bonds is 7. The summed E-state index contributed by atoms with van der Waals surface area (Å²) in [7, 11) is -1.20. The van der Waals surface area contributed by atoms with Gasteiger partial charge < -0.3 is 19.7 Å². The molecule has 0 spiro atoms. The molecule has 2 amide bonds. The predicted molar refractivity (Wildman–Crippen MR) is 148 cm³/mol. The summed E-state index contributed by atoms with van der Waals surface area (Å²) in [5, 5.41) is 2.90. The van der Waals surface area contributed by atoms with Crippen LogP contribution >= 0.6 is 0 Å². The summed E-state index contributed by atoms with van der Waals surface area (Å²) < 4.78 is 52.1. The van der Waals surface area contributed by atoms with Crippen LogP contribution in [-0.4, -0.2) is 58.4 Å². The lowest BCUT2D eigenvalue weighted by Crippen LogP contribution is -2.43. The smallest absolute Gasteiger partial charge is 0.258 e. The van der Waals surface area contributed by atoms with E-state index in [1.165, 1.54) is 17.5 Å². The summed E-state index contributed by atoms with van der Waals surface area (Å²) in [4.78, 5) is 27.9. The number of fused-ring (bicyclic) bond motifs is 1. The fourth-order valence-electron chi connectivity index (χ4n) is 5.17. The molecule has 1 saturated heterocycles. The monoisotopic (exact) mass is 567 g/mol. The molecular formula is C29H30FN3O6S. The van der Waals surface area contributed by atoms with E-state index < -0.39 is 21.8 Å². The lowest BCUT2D eigenvalue weighted by atomic mass is 9.98. The van der Waals surface area contributed by atoms with Gasteiger partial charge in [0.05, 0.1) is 20.1 Å². The zero-order valence-corrected chi connectivity index (χ0v) is 23.0. The van der Waals surface area contributed by atoms with E-state index in [-0.39, 0.29) is 35.5 Å². The molecule has 2 aliphatic heterocycles. The Labute approximate surface area is 232 Å². The molecule has 3 aromatic rings. The lowest BCUT2D eigenvalue weighted by molar-refractivity contribution is -0.120. The molecule has 1 fully saturated rings. The molecule has 0 unspecified atom stereocenters. The van der Waals surface area contributed by atoms with Gasteiger partial charge in [0.15, 0.2) is 0 Å². The number of nitrogens with zero attached hydrogens (tertiary/aromatic N) is 2. The van der Waals surface area contributed by atoms with Crippen molar-refractivity contribution in [3.05, 3.63) is 77.6 Å². The van der Waals surface area contributed by atoms with E-state index in [0.717, 1.165) is 23.4 Å². The number of amides is 2. The fourth-order valence-corrected chi connectivity index (χ4v) is 6.86. The third-order valence-corrected chi connectivity index (χ3v) is 9.22. The van der Waals surface area contributed by atoms with E-state index in [2.05, 4.69) is 5.32 Å². The summed E-state index contributed by atoms with van der Waals surface area (Å²) in [6.45, 7) is 0.699. The van der Waals surface area contributed by atoms with Crippen LogP contribution in [0.2, 0.25) is 0 Å². The van der Waals surface area contributed by atoms with E-state index in [0.29, 0.717) is 42.8 Å². The summed E-state index contributed by atoms with van der Waals surface area (Å²) >= 11 is 0. The van der Waals surface area contributed by atoms with Crippen LogP contribution in [0.3, 0.4) is 0 Å². The quantitative estimate of drug-likeness (QED) is 0.461. The Bertz CT molecular complexity index is 1540. The number of ether oxygens (including phenoxy) is 2. The number of carbonyl (C=O) groups excluding carboxylic acids is 2. The number of nitrogens with one attached hydrogen (secondary N) is 1. The number of methoxy groups -OCH3 is 2. The maximum absolute atomic E-state index is 13.9. The van der Waals surface area contributed by atoms with Gasteiger partial charge in [-0.3, -0.25) is 9.59 Å². The van der Waals surface area contributed by atoms with E-state index in [9.17, 15) is 22.4 Å². The molecule has 1 N–H and O–H groups in total. The predicted octanol–water partition coefficient (Wildman–Crippen LogP) is 4.09. The first-order valence-electron chi connectivity index (χ1n) is 12.9. The molecule has 210 valence electrons. The Morgan fingerprint density at radius 3 is 2.48 bits per heavy atom. The molecule has 0 bridgehead atoms. The number of anilines is 2. The Hall–Kier alpha value is -3.96. The molecule has 3 aromatic carbocycles. The normalized spacial score (nSPS) is 17.3. The minimum atomic E-state index is -4.09. The SMILES string of the molecule is COc1ccc(C(=O)N2CCc3ccc(NC(=O)[C@H]4CCCN(S(=O)(=O)c5cc(F)ccc5OC)C4)cc32)cc1. The number of hydrogen-bond donors (Lipinski definition) is 1. The Morgan fingerprint density at radius 1 is 0.975 bits per heavy atom. The number of benzene rings is 3. The van der Waals surface area contributed by atoms with Gasteiger partial charge in [-0.15, -0.1) is 0 Å². The Kier molecular flexibility index (Phi) is 7.77. The first-order chi connectivity index (χ1) is 19.2. The van der Waals surface area contributed by atoms with E-state index in [1.54, 1.807) is 48.4 Å². The fraction of sp³-hybridized carbons (Fsp3) is 0.310. The highest BCUT2D eigenvalue weighted by Gasteiger charge is 2.35. The Balaban J connectivity index is 1.30. The standard InChI is InChI=1S/C29H30FN3O6S/c1-38-24-10-6-20(7-11-24)29(35)33-15-13-19-5-9-23(17-25(19)33)31-28(34)21-4-3-14-32(18-21)40(36,37)27-16-22(30)8-12-26(27)39-2/h5-12,16-17,21H,3-4,13-15,18H2,1-2H3,(H,31,34)/t21-/m0/s1. The van der Waals surface area contributed by atoms with Crippen molar-refractivity contribution in [2.75, 3.05) is 44.1 Å². The van der Waals surface area contributed by atoms with Crippen LogP contribution in [0.4, 0.5) is 15.8 Å². The van der Waals surface area contributed by atoms with Gasteiger partial charge in [-0.05, 0) is 79.4 Å². The molecule has 0 radical (unpaired) electrons. The van der Waals surface area contributed by atoms with E-state index in [1.807, 2.05) is 6.07 Å². The topological polar surface area (TPSA) is 105 Å². The zero-order valence-electron chi connectivity index (χ0n) is 22.2. The van der Waals surface area contributed by atoms with E-state index >= 15 is 0 Å². The van der Waals surface area contributed by atoms with Gasteiger partial charge in [-0.25, -0.2) is 12.8 Å². The van der Waals surface area contributed by atoms with Gasteiger partial charge in [0.25, 0.3) is 5.91 Å². The molecule has 0 saturated carbocycles. The Morgan fingerprint density at radius 2 is 1.75 bits per heavy atom. The van der Waals surface area contributed by atoms with Crippen molar-refractivity contribution in [1.29, 1.82) is 0 Å². The molecule has 5 rings (SSSR count). The molecule has 0 aliphatic carbocycles. The number of halogens is 1. The minimum Gasteiger partial charge on any atom is -0.497 e. The number of hydrogen-bond acceptors (Lipinski definition) is 6. The third-order valence-electron chi connectivity index (χ3n) is 7.33. The molecule has 1 atom stereocenters. The van der Waals surface area contributed by atoms with Gasteiger partial charge in [0, 0.05) is 36.6 Å². The zero-order chi connectivity index (χ0) is 28.4. The van der Waals surface area contributed by atoms with Crippen LogP contribution in [0.5, 0.6) is 11.5 Å². The number of sulfonamides is 1. The van der Waals surface area contributed by atoms with Crippen molar-refractivity contribution in [2.45, 2.75) is 24.2 Å². The van der Waals surface area contributed by atoms with E-state index in [4.69, 9.17) is 9.47 Å². The molecule has 0 aromatic heterocycles. The van der Waals surface area contributed by atoms with Crippen LogP contribution < -0.4 is 19.7 Å². The van der Waals surface area contributed by atoms with Crippen LogP contribution in [0.25, 0.3) is 0 Å². The van der Waals surface area contributed by atoms with Crippen molar-refractivity contribution in [1.82, 2.24) is 4.31 Å². The molecule has 40 heavy (non-hydrogen) atoms. The summed E-state index contributed by atoms with van der Waals surface area (Å²) in [5.41, 5.74) is 2.77. The average molecular weight is 568 g/mol. The number of carbonyl (C=O) groups is 2. The van der Waals surface area contributed by atoms with Crippen LogP contribution in [0.15, 0.2) is 65.6 Å². The summed E-state index contributed by atoms with van der Waals surface area (Å²) in [6, 6.07) is 15.7. The molecular weight excluding hydrogens is 537 g/mol. The minimum absolute atomic E-state index is 0.0408. The van der Waals surface area contributed by atoms with Crippen molar-refractivity contribution >= 4 is 33.2 Å². The maximum atomic E-state index is 13.9. The van der Waals surface area contributed by atoms with Gasteiger partial charge in [-0.1, -0.05) is 6.07 Å². The number of piperidine rings is 1. The summed E-state index contributed by atoms with van der Waals surface area (Å²) in [6.07, 6.45) is 1.68. The lowest BCUT2D eigenvalue weighted by Gasteiger charge is -2.31. The van der Waals surface area contributed by atoms with Crippen molar-refractivity contribution in [2.24, 2.45) is 5.92 Å². The van der Waals surface area contributed by atoms with Crippen molar-refractivity contribution in [3.63, 3.8) is 0 Å². The van der Waals surface area contributed by atoms with Gasteiger partial charge in [0.1, 0.15) is 22.2 Å². The highest BCUT2D eigenvalue weighted by Crippen LogP contribution is 2.34.